The topological polar surface area (TPSA) is 50.5 Å². The van der Waals surface area contributed by atoms with Gasteiger partial charge in [0.2, 0.25) is 5.76 Å². The molecule has 3 aromatic rings. The van der Waals surface area contributed by atoms with Crippen molar-refractivity contribution in [3.05, 3.63) is 78.6 Å². The average molecular weight is 444 g/mol. The van der Waals surface area contributed by atoms with Gasteiger partial charge in [-0.3, -0.25) is 9.59 Å². The van der Waals surface area contributed by atoms with E-state index in [4.69, 9.17) is 27.6 Å². The van der Waals surface area contributed by atoms with E-state index in [0.717, 1.165) is 36.0 Å². The summed E-state index contributed by atoms with van der Waals surface area (Å²) in [6, 6.07) is 8.47. The van der Waals surface area contributed by atoms with Crippen LogP contribution in [0, 0.1) is 13.8 Å². The third-order valence-corrected chi connectivity index (χ3v) is 6.41. The van der Waals surface area contributed by atoms with Gasteiger partial charge in [0, 0.05) is 6.54 Å². The summed E-state index contributed by atoms with van der Waals surface area (Å²) < 4.78 is 6.05. The maximum atomic E-state index is 13.6. The molecular formula is C24H23Cl2NO3. The predicted octanol–water partition coefficient (Wildman–Crippen LogP) is 6.45. The molecule has 6 heteroatoms. The monoisotopic (exact) mass is 443 g/mol. The fourth-order valence-corrected chi connectivity index (χ4v) is 4.61. The molecule has 0 saturated heterocycles. The highest BCUT2D eigenvalue weighted by Gasteiger charge is 2.42. The Morgan fingerprint density at radius 2 is 1.80 bits per heavy atom. The second-order valence-electron chi connectivity index (χ2n) is 7.91. The van der Waals surface area contributed by atoms with Crippen molar-refractivity contribution in [2.45, 2.75) is 46.1 Å². The van der Waals surface area contributed by atoms with E-state index in [1.165, 1.54) is 0 Å². The molecule has 156 valence electrons. The molecule has 4 nitrogen and oxygen atoms in total. The van der Waals surface area contributed by atoms with E-state index < -0.39 is 6.04 Å². The quantitative estimate of drug-likeness (QED) is 0.425. The number of carbonyl (C=O) groups excluding carboxylic acids is 1. The lowest BCUT2D eigenvalue weighted by atomic mass is 9.97. The van der Waals surface area contributed by atoms with Gasteiger partial charge in [0.15, 0.2) is 5.43 Å². The minimum atomic E-state index is -0.541. The number of aryl methyl sites for hydroxylation is 2. The smallest absolute Gasteiger partial charge is 0.290 e. The van der Waals surface area contributed by atoms with Crippen molar-refractivity contribution in [2.24, 2.45) is 0 Å². The summed E-state index contributed by atoms with van der Waals surface area (Å²) in [7, 11) is 0. The standard InChI is InChI=1S/C24H23Cl2NO3/c1-4-5-6-9-27-21(15-7-8-16(25)17(26)12-15)20-22(28)19-14(3)10-13(2)11-18(19)30-23(20)24(27)29/h7-8,10-12,21H,4-6,9H2,1-3H3. The molecule has 4 rings (SSSR count). The van der Waals surface area contributed by atoms with Crippen molar-refractivity contribution in [2.75, 3.05) is 6.54 Å². The van der Waals surface area contributed by atoms with Crippen molar-refractivity contribution in [3.8, 4) is 0 Å². The van der Waals surface area contributed by atoms with E-state index in [1.807, 2.05) is 32.0 Å². The number of carbonyl (C=O) groups is 1. The van der Waals surface area contributed by atoms with Crippen LogP contribution in [0.4, 0.5) is 0 Å². The highest BCUT2D eigenvalue weighted by Crippen LogP contribution is 2.40. The van der Waals surface area contributed by atoms with E-state index in [9.17, 15) is 9.59 Å². The van der Waals surface area contributed by atoms with Gasteiger partial charge in [0.25, 0.3) is 5.91 Å². The van der Waals surface area contributed by atoms with Crippen molar-refractivity contribution < 1.29 is 9.21 Å². The van der Waals surface area contributed by atoms with Gasteiger partial charge in [-0.2, -0.15) is 0 Å². The first kappa shape index (κ1) is 21.0. The van der Waals surface area contributed by atoms with Crippen LogP contribution in [0.2, 0.25) is 10.0 Å². The average Bonchev–Trinajstić information content (AvgIpc) is 2.96. The molecule has 0 saturated carbocycles. The number of hydrogen-bond acceptors (Lipinski definition) is 3. The minimum Gasteiger partial charge on any atom is -0.450 e. The summed E-state index contributed by atoms with van der Waals surface area (Å²) in [5.41, 5.74) is 3.25. The molecule has 0 radical (unpaired) electrons. The molecule has 1 amide bonds. The fraction of sp³-hybridized carbons (Fsp3) is 0.333. The Morgan fingerprint density at radius 3 is 2.50 bits per heavy atom. The number of fused-ring (bicyclic) bond motifs is 2. The van der Waals surface area contributed by atoms with Gasteiger partial charge < -0.3 is 9.32 Å². The third-order valence-electron chi connectivity index (χ3n) is 5.67. The van der Waals surface area contributed by atoms with Crippen molar-refractivity contribution >= 4 is 40.1 Å². The Morgan fingerprint density at radius 1 is 1.03 bits per heavy atom. The number of amides is 1. The highest BCUT2D eigenvalue weighted by atomic mass is 35.5. The van der Waals surface area contributed by atoms with Crippen LogP contribution in [0.15, 0.2) is 39.5 Å². The van der Waals surface area contributed by atoms with Gasteiger partial charge in [-0.15, -0.1) is 0 Å². The molecule has 0 spiro atoms. The first-order valence-corrected chi connectivity index (χ1v) is 10.9. The minimum absolute atomic E-state index is 0.130. The van der Waals surface area contributed by atoms with Crippen LogP contribution < -0.4 is 5.43 Å². The predicted molar refractivity (Wildman–Crippen MR) is 121 cm³/mol. The third kappa shape index (κ3) is 3.42. The lowest BCUT2D eigenvalue weighted by molar-refractivity contribution is 0.0724. The molecule has 30 heavy (non-hydrogen) atoms. The fourth-order valence-electron chi connectivity index (χ4n) is 4.31. The molecule has 1 aliphatic rings. The Labute approximate surface area is 185 Å². The van der Waals surface area contributed by atoms with Crippen molar-refractivity contribution in [3.63, 3.8) is 0 Å². The van der Waals surface area contributed by atoms with Crippen molar-refractivity contribution in [1.29, 1.82) is 0 Å². The van der Waals surface area contributed by atoms with Gasteiger partial charge in [0.05, 0.1) is 27.0 Å². The van der Waals surface area contributed by atoms with E-state index in [0.29, 0.717) is 33.1 Å². The number of halogens is 2. The highest BCUT2D eigenvalue weighted by molar-refractivity contribution is 6.42. The lowest BCUT2D eigenvalue weighted by Gasteiger charge is -2.25. The second kappa shape index (κ2) is 8.09. The van der Waals surface area contributed by atoms with Crippen molar-refractivity contribution in [1.82, 2.24) is 4.90 Å². The summed E-state index contributed by atoms with van der Waals surface area (Å²) in [5.74, 6) is -0.125. The molecule has 0 aliphatic carbocycles. The number of hydrogen-bond donors (Lipinski definition) is 0. The van der Waals surface area contributed by atoms with E-state index >= 15 is 0 Å². The van der Waals surface area contributed by atoms with Gasteiger partial charge in [-0.25, -0.2) is 0 Å². The normalized spacial score (nSPS) is 15.8. The van der Waals surface area contributed by atoms with Crippen LogP contribution in [-0.2, 0) is 0 Å². The summed E-state index contributed by atoms with van der Waals surface area (Å²) in [4.78, 5) is 28.7. The molecule has 2 aromatic carbocycles. The summed E-state index contributed by atoms with van der Waals surface area (Å²) >= 11 is 12.4. The van der Waals surface area contributed by atoms with Crippen LogP contribution in [-0.4, -0.2) is 17.4 Å². The van der Waals surface area contributed by atoms with Crippen LogP contribution >= 0.6 is 23.2 Å². The Hall–Kier alpha value is -2.30. The summed E-state index contributed by atoms with van der Waals surface area (Å²) in [6.07, 6.45) is 2.88. The molecule has 1 atom stereocenters. The second-order valence-corrected chi connectivity index (χ2v) is 8.73. The number of rotatable bonds is 5. The Kier molecular flexibility index (Phi) is 5.65. The zero-order chi connectivity index (χ0) is 21.6. The summed E-state index contributed by atoms with van der Waals surface area (Å²) in [5, 5.41) is 1.34. The van der Waals surface area contributed by atoms with Crippen LogP contribution in [0.3, 0.4) is 0 Å². The number of benzene rings is 2. The number of nitrogens with zero attached hydrogens (tertiary/aromatic N) is 1. The van der Waals surface area contributed by atoms with E-state index in [2.05, 4.69) is 6.92 Å². The molecule has 2 heterocycles. The molecule has 1 unspecified atom stereocenters. The zero-order valence-corrected chi connectivity index (χ0v) is 18.7. The largest absolute Gasteiger partial charge is 0.450 e. The SMILES string of the molecule is CCCCCN1C(=O)c2oc3cc(C)cc(C)c3c(=O)c2C1c1ccc(Cl)c(Cl)c1. The zero-order valence-electron chi connectivity index (χ0n) is 17.2. The summed E-state index contributed by atoms with van der Waals surface area (Å²) in [6.45, 7) is 6.48. The molecular weight excluding hydrogens is 421 g/mol. The molecule has 1 aliphatic heterocycles. The van der Waals surface area contributed by atoms with E-state index in [-0.39, 0.29) is 17.1 Å². The van der Waals surface area contributed by atoms with Gasteiger partial charge >= 0.3 is 0 Å². The Bertz CT molecular complexity index is 1220. The molecule has 0 N–H and O–H groups in total. The lowest BCUT2D eigenvalue weighted by Crippen LogP contribution is -2.30. The van der Waals surface area contributed by atoms with Crippen LogP contribution in [0.1, 0.15) is 65.0 Å². The maximum absolute atomic E-state index is 13.6. The van der Waals surface area contributed by atoms with Crippen LogP contribution in [0.25, 0.3) is 11.0 Å². The Balaban J connectivity index is 1.96. The maximum Gasteiger partial charge on any atom is 0.290 e. The molecule has 0 bridgehead atoms. The van der Waals surface area contributed by atoms with Crippen LogP contribution in [0.5, 0.6) is 0 Å². The van der Waals surface area contributed by atoms with Gasteiger partial charge in [-0.1, -0.05) is 55.1 Å². The number of unbranched alkanes of at least 4 members (excludes halogenated alkanes) is 2. The van der Waals surface area contributed by atoms with Gasteiger partial charge in [-0.05, 0) is 55.2 Å². The van der Waals surface area contributed by atoms with E-state index in [1.54, 1.807) is 17.0 Å². The van der Waals surface area contributed by atoms with Gasteiger partial charge in [0.1, 0.15) is 5.58 Å². The first-order valence-electron chi connectivity index (χ1n) is 10.2. The molecule has 1 aromatic heterocycles. The first-order chi connectivity index (χ1) is 14.3. The molecule has 0 fully saturated rings.